The molecule has 0 amide bonds. The van der Waals surface area contributed by atoms with Crippen molar-refractivity contribution in [3.05, 3.63) is 40.8 Å². The summed E-state index contributed by atoms with van der Waals surface area (Å²) >= 11 is 3.13. The number of ketones is 1. The predicted octanol–water partition coefficient (Wildman–Crippen LogP) is 2.66. The number of rotatable bonds is 3. The highest BCUT2D eigenvalue weighted by Gasteiger charge is 2.32. The summed E-state index contributed by atoms with van der Waals surface area (Å²) in [6, 6.07) is 9.65. The maximum Gasteiger partial charge on any atom is 0.388 e. The molecule has 0 saturated carbocycles. The Morgan fingerprint density at radius 3 is 2.84 bits per heavy atom. The van der Waals surface area contributed by atoms with Crippen LogP contribution in [0.4, 0.5) is 0 Å². The van der Waals surface area contributed by atoms with Crippen LogP contribution < -0.4 is 4.57 Å². The van der Waals surface area contributed by atoms with Crippen LogP contribution >= 0.6 is 23.1 Å². The highest BCUT2D eigenvalue weighted by molar-refractivity contribution is 8.00. The minimum atomic E-state index is -0.00352. The van der Waals surface area contributed by atoms with Crippen molar-refractivity contribution in [1.82, 2.24) is 0 Å². The van der Waals surface area contributed by atoms with E-state index >= 15 is 0 Å². The van der Waals surface area contributed by atoms with E-state index in [-0.39, 0.29) is 11.7 Å². The van der Waals surface area contributed by atoms with E-state index in [1.807, 2.05) is 34.9 Å². The number of Topliss-reactive ketones (excluding diaryl/α,β-unsaturated/α-hetero) is 1. The molecule has 98 valence electrons. The largest absolute Gasteiger partial charge is 0.459 e. The number of thioether (sulfide) groups is 1. The number of carbonyl (C=O) groups is 1. The van der Waals surface area contributed by atoms with Gasteiger partial charge in [-0.2, -0.15) is 0 Å². The minimum absolute atomic E-state index is 0.00352. The molecule has 1 N–H and O–H groups in total. The number of aromatic hydroxyl groups is 1. The molecule has 0 atom stereocenters. The van der Waals surface area contributed by atoms with Crippen molar-refractivity contribution in [2.75, 3.05) is 5.75 Å². The van der Waals surface area contributed by atoms with Gasteiger partial charge in [0.05, 0.1) is 0 Å². The summed E-state index contributed by atoms with van der Waals surface area (Å²) in [5, 5.41) is 10.2. The first-order valence-electron chi connectivity index (χ1n) is 6.21. The highest BCUT2D eigenvalue weighted by atomic mass is 32.2. The van der Waals surface area contributed by atoms with E-state index in [1.54, 1.807) is 11.8 Å². The Balaban J connectivity index is 1.86. The summed E-state index contributed by atoms with van der Waals surface area (Å²) < 4.78 is 2.90. The fourth-order valence-corrected chi connectivity index (χ4v) is 4.49. The van der Waals surface area contributed by atoms with Gasteiger partial charge in [0.1, 0.15) is 0 Å². The number of benzene rings is 1. The van der Waals surface area contributed by atoms with Crippen LogP contribution in [0.2, 0.25) is 0 Å². The molecule has 0 saturated heterocycles. The topological polar surface area (TPSA) is 41.2 Å². The highest BCUT2D eigenvalue weighted by Crippen LogP contribution is 2.33. The second-order valence-electron chi connectivity index (χ2n) is 4.46. The fraction of sp³-hybridized carbons (Fsp3) is 0.286. The summed E-state index contributed by atoms with van der Waals surface area (Å²) in [5.74, 6) is 1.20. The molecule has 0 fully saturated rings. The van der Waals surface area contributed by atoms with Gasteiger partial charge in [0.25, 0.3) is 0 Å². The molecule has 1 aromatic heterocycles. The van der Waals surface area contributed by atoms with Crippen molar-refractivity contribution >= 4 is 28.9 Å². The van der Waals surface area contributed by atoms with Gasteiger partial charge in [0.15, 0.2) is 17.2 Å². The van der Waals surface area contributed by atoms with E-state index in [0.29, 0.717) is 11.3 Å². The number of carbonyl (C=O) groups excluding carboxylic acids is 1. The molecule has 2 aromatic rings. The molecular formula is C14H14NO2S2+. The van der Waals surface area contributed by atoms with E-state index in [9.17, 15) is 9.90 Å². The van der Waals surface area contributed by atoms with Crippen LogP contribution in [-0.4, -0.2) is 16.6 Å². The lowest BCUT2D eigenvalue weighted by Crippen LogP contribution is -2.36. The third-order valence-corrected chi connectivity index (χ3v) is 5.65. The molecule has 0 unspecified atom stereocenters. The normalized spacial score (nSPS) is 14.1. The first-order chi connectivity index (χ1) is 9.25. The molecule has 1 aromatic carbocycles. The molecule has 3 rings (SSSR count). The van der Waals surface area contributed by atoms with Crippen molar-refractivity contribution < 1.29 is 14.5 Å². The van der Waals surface area contributed by atoms with Gasteiger partial charge in [-0.05, 0) is 28.7 Å². The molecule has 3 nitrogen and oxygen atoms in total. The zero-order chi connectivity index (χ0) is 13.2. The van der Waals surface area contributed by atoms with Gasteiger partial charge in [-0.3, -0.25) is 4.79 Å². The zero-order valence-corrected chi connectivity index (χ0v) is 12.0. The molecule has 0 bridgehead atoms. The Hall–Kier alpha value is -1.33. The van der Waals surface area contributed by atoms with Crippen LogP contribution in [0.1, 0.15) is 21.7 Å². The Morgan fingerprint density at radius 1 is 1.32 bits per heavy atom. The SMILES string of the molecule is O=C(Cc1ccccc1)c1sc2[n+](c1O)CCCS2. The monoisotopic (exact) mass is 292 g/mol. The van der Waals surface area contributed by atoms with Crippen molar-refractivity contribution in [2.45, 2.75) is 23.7 Å². The second-order valence-corrected chi connectivity index (χ2v) is 6.80. The van der Waals surface area contributed by atoms with Crippen LogP contribution in [0.25, 0.3) is 0 Å². The average molecular weight is 292 g/mol. The number of hydrogen-bond acceptors (Lipinski definition) is 4. The quantitative estimate of drug-likeness (QED) is 0.698. The predicted molar refractivity (Wildman–Crippen MR) is 76.0 cm³/mol. The number of thiazole rings is 1. The third-order valence-electron chi connectivity index (χ3n) is 3.08. The molecular weight excluding hydrogens is 278 g/mol. The van der Waals surface area contributed by atoms with Gasteiger partial charge in [0.2, 0.25) is 0 Å². The molecule has 0 radical (unpaired) electrons. The molecule has 0 aliphatic carbocycles. The third kappa shape index (κ3) is 2.53. The van der Waals surface area contributed by atoms with Gasteiger partial charge >= 0.3 is 10.2 Å². The number of nitrogens with zero attached hydrogens (tertiary/aromatic N) is 1. The molecule has 1 aliphatic heterocycles. The molecule has 0 spiro atoms. The molecule has 5 heteroatoms. The first kappa shape index (κ1) is 12.7. The summed E-state index contributed by atoms with van der Waals surface area (Å²) in [7, 11) is 0. The molecule has 2 heterocycles. The van der Waals surface area contributed by atoms with Gasteiger partial charge in [-0.15, -0.1) is 4.57 Å². The molecule has 1 aliphatic rings. The Labute approximate surface area is 119 Å². The number of aromatic nitrogens is 1. The Kier molecular flexibility index (Phi) is 3.57. The summed E-state index contributed by atoms with van der Waals surface area (Å²) in [4.78, 5) is 12.8. The van der Waals surface area contributed by atoms with Gasteiger partial charge in [-0.1, -0.05) is 30.3 Å². The van der Waals surface area contributed by atoms with Crippen LogP contribution in [0, 0.1) is 0 Å². The standard InChI is InChI=1S/C14H13NO2S2/c16-11(9-10-5-2-1-3-6-10)12-13(17)15-7-4-8-18-14(15)19-12/h1-3,5-6H,4,7-9H2/p+1. The van der Waals surface area contributed by atoms with Gasteiger partial charge in [0, 0.05) is 18.6 Å². The van der Waals surface area contributed by atoms with Crippen molar-refractivity contribution in [3.63, 3.8) is 0 Å². The lowest BCUT2D eigenvalue weighted by atomic mass is 10.1. The Morgan fingerprint density at radius 2 is 2.11 bits per heavy atom. The van der Waals surface area contributed by atoms with Crippen molar-refractivity contribution in [3.8, 4) is 5.88 Å². The van der Waals surface area contributed by atoms with Crippen LogP contribution in [0.3, 0.4) is 0 Å². The van der Waals surface area contributed by atoms with Crippen LogP contribution in [0.5, 0.6) is 5.88 Å². The molecule has 19 heavy (non-hydrogen) atoms. The summed E-state index contributed by atoms with van der Waals surface area (Å²) in [5.41, 5.74) is 0.982. The van der Waals surface area contributed by atoms with Gasteiger partial charge < -0.3 is 5.11 Å². The Bertz CT molecular complexity index is 607. The first-order valence-corrected chi connectivity index (χ1v) is 8.01. The van der Waals surface area contributed by atoms with E-state index in [2.05, 4.69) is 0 Å². The number of fused-ring (bicyclic) bond motifs is 1. The average Bonchev–Trinajstić information content (AvgIpc) is 2.78. The van der Waals surface area contributed by atoms with Crippen molar-refractivity contribution in [1.29, 1.82) is 0 Å². The summed E-state index contributed by atoms with van der Waals surface area (Å²) in [6.45, 7) is 0.809. The van der Waals surface area contributed by atoms with Crippen LogP contribution in [-0.2, 0) is 13.0 Å². The van der Waals surface area contributed by atoms with Crippen molar-refractivity contribution in [2.24, 2.45) is 0 Å². The number of hydrogen-bond donors (Lipinski definition) is 1. The van der Waals surface area contributed by atoms with E-state index < -0.39 is 0 Å². The van der Waals surface area contributed by atoms with E-state index in [0.717, 1.165) is 28.6 Å². The van der Waals surface area contributed by atoms with E-state index in [4.69, 9.17) is 0 Å². The smallest absolute Gasteiger partial charge is 0.388 e. The van der Waals surface area contributed by atoms with Crippen LogP contribution in [0.15, 0.2) is 34.7 Å². The zero-order valence-electron chi connectivity index (χ0n) is 10.3. The lowest BCUT2D eigenvalue weighted by molar-refractivity contribution is -0.732. The second kappa shape index (κ2) is 5.35. The lowest BCUT2D eigenvalue weighted by Gasteiger charge is -2.02. The van der Waals surface area contributed by atoms with Gasteiger partial charge in [-0.25, -0.2) is 0 Å². The maximum atomic E-state index is 12.3. The minimum Gasteiger partial charge on any atom is -0.459 e. The summed E-state index contributed by atoms with van der Waals surface area (Å²) in [6.07, 6.45) is 1.39. The fourth-order valence-electron chi connectivity index (χ4n) is 2.13. The maximum absolute atomic E-state index is 12.3. The van der Waals surface area contributed by atoms with E-state index in [1.165, 1.54) is 11.3 Å².